The maximum atomic E-state index is 12.5. The number of aryl methyl sites for hydroxylation is 1. The summed E-state index contributed by atoms with van der Waals surface area (Å²) >= 11 is 1.67. The van der Waals surface area contributed by atoms with Crippen molar-refractivity contribution < 1.29 is 9.53 Å². The van der Waals surface area contributed by atoms with E-state index in [0.717, 1.165) is 37.5 Å². The summed E-state index contributed by atoms with van der Waals surface area (Å²) < 4.78 is 7.65. The van der Waals surface area contributed by atoms with Gasteiger partial charge in [0.25, 0.3) is 5.91 Å². The molecule has 128 valence electrons. The van der Waals surface area contributed by atoms with E-state index in [1.165, 1.54) is 0 Å². The summed E-state index contributed by atoms with van der Waals surface area (Å²) in [6.07, 6.45) is 7.40. The van der Waals surface area contributed by atoms with Crippen LogP contribution in [0.25, 0.3) is 0 Å². The summed E-state index contributed by atoms with van der Waals surface area (Å²) in [6, 6.07) is 0.352. The number of thiazole rings is 1. The molecule has 0 aliphatic carbocycles. The largest absolute Gasteiger partial charge is 0.374 e. The van der Waals surface area contributed by atoms with E-state index in [9.17, 15) is 4.79 Å². The lowest BCUT2D eigenvalue weighted by molar-refractivity contribution is -0.0211. The number of fused-ring (bicyclic) bond motifs is 1. The molecular weight excluding hydrogens is 326 g/mol. The number of nitrogens with zero attached hydrogens (tertiary/aromatic N) is 4. The van der Waals surface area contributed by atoms with Gasteiger partial charge in [0.15, 0.2) is 0 Å². The van der Waals surface area contributed by atoms with Crippen molar-refractivity contribution in [2.75, 3.05) is 13.2 Å². The molecule has 0 spiro atoms. The molecule has 0 aromatic carbocycles. The van der Waals surface area contributed by atoms with Crippen molar-refractivity contribution in [1.82, 2.24) is 25.0 Å². The molecule has 2 aromatic rings. The fraction of sp³-hybridized carbons (Fsp3) is 0.562. The third-order valence-corrected chi connectivity index (χ3v) is 5.50. The third-order valence-electron chi connectivity index (χ3n) is 4.74. The van der Waals surface area contributed by atoms with Gasteiger partial charge in [-0.2, -0.15) is 5.10 Å². The molecule has 8 heteroatoms. The highest BCUT2D eigenvalue weighted by Crippen LogP contribution is 2.30. The van der Waals surface area contributed by atoms with Gasteiger partial charge >= 0.3 is 0 Å². The molecule has 2 aliphatic heterocycles. The average molecular weight is 347 g/mol. The number of carbonyl (C=O) groups is 1. The zero-order chi connectivity index (χ0) is 16.5. The Labute approximate surface area is 144 Å². The number of carbonyl (C=O) groups excluding carboxylic acids is 1. The van der Waals surface area contributed by atoms with Crippen molar-refractivity contribution in [2.24, 2.45) is 7.05 Å². The Morgan fingerprint density at radius 1 is 1.54 bits per heavy atom. The molecule has 7 nitrogen and oxygen atoms in total. The second-order valence-electron chi connectivity index (χ2n) is 6.38. The maximum absolute atomic E-state index is 12.5. The monoisotopic (exact) mass is 347 g/mol. The van der Waals surface area contributed by atoms with Crippen molar-refractivity contribution in [1.29, 1.82) is 0 Å². The summed E-state index contributed by atoms with van der Waals surface area (Å²) in [5.41, 5.74) is 0.586. The van der Waals surface area contributed by atoms with Crippen LogP contribution in [0.15, 0.2) is 24.0 Å². The fourth-order valence-electron chi connectivity index (χ4n) is 3.66. The normalized spacial score (nSPS) is 27.1. The standard InChI is InChI=1S/C16H21N5O2S/c1-20-8-11(7-18-20)16(22)19-12-9-21(10-14-17-4-6-24-14)13-3-2-5-23-15(12)13/h4,6-8,12-13,15H,2-3,5,9-10H2,1H3,(H,19,22)/t12-,13-,15-/m1/s1. The summed E-state index contributed by atoms with van der Waals surface area (Å²) in [6.45, 7) is 2.38. The third kappa shape index (κ3) is 3.09. The minimum absolute atomic E-state index is 0.00275. The van der Waals surface area contributed by atoms with E-state index in [0.29, 0.717) is 11.6 Å². The highest BCUT2D eigenvalue weighted by molar-refractivity contribution is 7.09. The average Bonchev–Trinajstić information content (AvgIpc) is 3.30. The molecule has 4 rings (SSSR count). The molecule has 4 heterocycles. The van der Waals surface area contributed by atoms with Gasteiger partial charge in [-0.15, -0.1) is 11.3 Å². The zero-order valence-electron chi connectivity index (χ0n) is 13.6. The van der Waals surface area contributed by atoms with Crippen LogP contribution in [0.5, 0.6) is 0 Å². The van der Waals surface area contributed by atoms with Crippen LogP contribution in [-0.4, -0.2) is 56.9 Å². The first kappa shape index (κ1) is 15.7. The van der Waals surface area contributed by atoms with Gasteiger partial charge in [-0.1, -0.05) is 0 Å². The molecule has 0 saturated carbocycles. The zero-order valence-corrected chi connectivity index (χ0v) is 14.4. The van der Waals surface area contributed by atoms with Gasteiger partial charge in [0.2, 0.25) is 0 Å². The number of rotatable bonds is 4. The summed E-state index contributed by atoms with van der Waals surface area (Å²) in [5.74, 6) is -0.0860. The van der Waals surface area contributed by atoms with Gasteiger partial charge in [0.05, 0.1) is 30.5 Å². The molecule has 1 amide bonds. The topological polar surface area (TPSA) is 72.3 Å². The molecule has 1 N–H and O–H groups in total. The van der Waals surface area contributed by atoms with E-state index in [-0.39, 0.29) is 18.1 Å². The Kier molecular flexibility index (Phi) is 4.34. The predicted molar refractivity (Wildman–Crippen MR) is 89.7 cm³/mol. The molecule has 0 radical (unpaired) electrons. The SMILES string of the molecule is Cn1cc(C(=O)N[C@@H]2CN(Cc3nccs3)[C@@H]3CCCO[C@@H]32)cn1. The van der Waals surface area contributed by atoms with Crippen LogP contribution in [0.4, 0.5) is 0 Å². The Hall–Kier alpha value is -1.77. The number of aromatic nitrogens is 3. The molecule has 2 fully saturated rings. The molecule has 24 heavy (non-hydrogen) atoms. The Morgan fingerprint density at radius 3 is 3.21 bits per heavy atom. The smallest absolute Gasteiger partial charge is 0.254 e. The van der Waals surface area contributed by atoms with Crippen LogP contribution < -0.4 is 5.32 Å². The van der Waals surface area contributed by atoms with Crippen LogP contribution in [0.3, 0.4) is 0 Å². The molecule has 2 aliphatic rings. The van der Waals surface area contributed by atoms with Crippen molar-refractivity contribution in [3.05, 3.63) is 34.5 Å². The van der Waals surface area contributed by atoms with E-state index in [1.807, 2.05) is 18.6 Å². The second kappa shape index (κ2) is 6.62. The summed E-state index contributed by atoms with van der Waals surface area (Å²) in [7, 11) is 1.81. The molecule has 0 unspecified atom stereocenters. The van der Waals surface area contributed by atoms with Gasteiger partial charge in [-0.25, -0.2) is 4.98 Å². The van der Waals surface area contributed by atoms with E-state index >= 15 is 0 Å². The van der Waals surface area contributed by atoms with Gasteiger partial charge in [-0.05, 0) is 12.8 Å². The first-order valence-corrected chi connectivity index (χ1v) is 9.12. The Bertz CT molecular complexity index is 701. The lowest BCUT2D eigenvalue weighted by Gasteiger charge is -2.32. The van der Waals surface area contributed by atoms with Crippen LogP contribution in [0, 0.1) is 0 Å². The Morgan fingerprint density at radius 2 is 2.46 bits per heavy atom. The first-order valence-electron chi connectivity index (χ1n) is 8.24. The number of hydrogen-bond donors (Lipinski definition) is 1. The van der Waals surface area contributed by atoms with Crippen molar-refractivity contribution in [2.45, 2.75) is 37.6 Å². The van der Waals surface area contributed by atoms with Crippen LogP contribution in [0.1, 0.15) is 28.2 Å². The number of hydrogen-bond acceptors (Lipinski definition) is 6. The highest BCUT2D eigenvalue weighted by atomic mass is 32.1. The second-order valence-corrected chi connectivity index (χ2v) is 7.36. The molecule has 3 atom stereocenters. The van der Waals surface area contributed by atoms with Gasteiger partial charge in [-0.3, -0.25) is 14.4 Å². The minimum atomic E-state index is -0.0860. The quantitative estimate of drug-likeness (QED) is 0.895. The number of nitrogens with one attached hydrogen (secondary N) is 1. The van der Waals surface area contributed by atoms with E-state index in [4.69, 9.17) is 4.74 Å². The molecule has 0 bridgehead atoms. The Balaban J connectivity index is 1.47. The van der Waals surface area contributed by atoms with Crippen molar-refractivity contribution in [3.63, 3.8) is 0 Å². The van der Waals surface area contributed by atoms with Crippen LogP contribution >= 0.6 is 11.3 Å². The number of ether oxygens (including phenoxy) is 1. The highest BCUT2D eigenvalue weighted by Gasteiger charge is 2.44. The molecular formula is C16H21N5O2S. The van der Waals surface area contributed by atoms with Crippen molar-refractivity contribution >= 4 is 17.2 Å². The lowest BCUT2D eigenvalue weighted by atomic mass is 10.0. The predicted octanol–water partition coefficient (Wildman–Crippen LogP) is 1.04. The minimum Gasteiger partial charge on any atom is -0.374 e. The fourth-order valence-corrected chi connectivity index (χ4v) is 4.30. The lowest BCUT2D eigenvalue weighted by Crippen LogP contribution is -2.47. The van der Waals surface area contributed by atoms with Gasteiger partial charge in [0, 0.05) is 44.0 Å². The molecule has 2 saturated heterocycles. The molecule has 2 aromatic heterocycles. The number of likely N-dealkylation sites (tertiary alicyclic amines) is 1. The van der Waals surface area contributed by atoms with Crippen LogP contribution in [-0.2, 0) is 18.3 Å². The van der Waals surface area contributed by atoms with E-state index in [2.05, 4.69) is 20.3 Å². The van der Waals surface area contributed by atoms with E-state index < -0.39 is 0 Å². The first-order chi connectivity index (χ1) is 11.7. The van der Waals surface area contributed by atoms with Gasteiger partial charge < -0.3 is 10.1 Å². The van der Waals surface area contributed by atoms with E-state index in [1.54, 1.807) is 28.4 Å². The maximum Gasteiger partial charge on any atom is 0.254 e. The summed E-state index contributed by atoms with van der Waals surface area (Å²) in [4.78, 5) is 19.3. The van der Waals surface area contributed by atoms with Crippen LogP contribution in [0.2, 0.25) is 0 Å². The van der Waals surface area contributed by atoms with Gasteiger partial charge in [0.1, 0.15) is 5.01 Å². The van der Waals surface area contributed by atoms with Crippen molar-refractivity contribution in [3.8, 4) is 0 Å². The number of amides is 1. The summed E-state index contributed by atoms with van der Waals surface area (Å²) in [5, 5.41) is 10.3.